The number of rotatable bonds is 4. The van der Waals surface area contributed by atoms with Gasteiger partial charge in [-0.1, -0.05) is 0 Å². The van der Waals surface area contributed by atoms with Crippen LogP contribution < -0.4 is 21.4 Å². The number of carbonyl (C=O) groups is 1. The van der Waals surface area contributed by atoms with Crippen LogP contribution >= 0.6 is 15.9 Å². The molecule has 0 rings (SSSR count). The van der Waals surface area contributed by atoms with Crippen LogP contribution in [0.5, 0.6) is 0 Å². The Kier molecular flexibility index (Phi) is 7.43. The van der Waals surface area contributed by atoms with Gasteiger partial charge in [0.2, 0.25) is 0 Å². The standard InChI is InChI=1S/C4H6BBrIO2/c5-7-9-4(8)2-1-3-6/h1-3H2/q-1. The van der Waals surface area contributed by atoms with Crippen LogP contribution in [0, 0.1) is 0 Å². The van der Waals surface area contributed by atoms with Gasteiger partial charge >= 0.3 is 75.0 Å². The Morgan fingerprint density at radius 3 is 2.89 bits per heavy atom. The maximum absolute atomic E-state index is 10.5. The monoisotopic (exact) mass is 303 g/mol. The average molecular weight is 304 g/mol. The third-order valence-electron chi connectivity index (χ3n) is 0.645. The van der Waals surface area contributed by atoms with Gasteiger partial charge in [-0.15, -0.1) is 0 Å². The Morgan fingerprint density at radius 2 is 2.44 bits per heavy atom. The van der Waals surface area contributed by atoms with E-state index in [9.17, 15) is 4.79 Å². The van der Waals surface area contributed by atoms with Gasteiger partial charge in [-0.2, -0.15) is 0 Å². The molecule has 52 valence electrons. The molecule has 9 heavy (non-hydrogen) atoms. The zero-order valence-electron chi connectivity index (χ0n) is 4.77. The van der Waals surface area contributed by atoms with Crippen molar-refractivity contribution >= 4 is 27.6 Å². The fourth-order valence-corrected chi connectivity index (χ4v) is 1.08. The second kappa shape index (κ2) is 6.86. The SMILES string of the molecule is [B][I-]OC(=O)CCCBr. The Hall–Kier alpha value is 0.745. The molecule has 0 aromatic rings. The van der Waals surface area contributed by atoms with Crippen LogP contribution in [0.1, 0.15) is 12.8 Å². The summed E-state index contributed by atoms with van der Waals surface area (Å²) in [6, 6.07) is 0. The van der Waals surface area contributed by atoms with Crippen LogP contribution in [-0.4, -0.2) is 17.0 Å². The summed E-state index contributed by atoms with van der Waals surface area (Å²) >= 11 is 2.38. The summed E-state index contributed by atoms with van der Waals surface area (Å²) < 4.78 is 4.57. The summed E-state index contributed by atoms with van der Waals surface area (Å²) in [5, 5.41) is 0.838. The zero-order chi connectivity index (χ0) is 7.11. The van der Waals surface area contributed by atoms with Gasteiger partial charge in [0.05, 0.1) is 0 Å². The summed E-state index contributed by atoms with van der Waals surface area (Å²) in [5.74, 6) is -0.176. The van der Waals surface area contributed by atoms with Crippen LogP contribution in [0.25, 0.3) is 0 Å². The number of hydrogen-bond acceptors (Lipinski definition) is 2. The third-order valence-corrected chi connectivity index (χ3v) is 1.95. The molecule has 0 aliphatic carbocycles. The first kappa shape index (κ1) is 9.74. The van der Waals surface area contributed by atoms with Crippen LogP contribution in [0.3, 0.4) is 0 Å². The molecule has 0 heterocycles. The first-order valence-electron chi connectivity index (χ1n) is 2.40. The third kappa shape index (κ3) is 6.63. The first-order valence-corrected chi connectivity index (χ1v) is 5.65. The summed E-state index contributed by atoms with van der Waals surface area (Å²) in [6.45, 7) is 0. The fraction of sp³-hybridized carbons (Fsp3) is 0.750. The molecular weight excluding hydrogens is 298 g/mol. The predicted octanol–water partition coefficient (Wildman–Crippen LogP) is -2.21. The minimum atomic E-state index is -0.815. The van der Waals surface area contributed by atoms with Crippen molar-refractivity contribution in [2.24, 2.45) is 0 Å². The molecule has 0 aliphatic rings. The van der Waals surface area contributed by atoms with E-state index in [4.69, 9.17) is 5.70 Å². The van der Waals surface area contributed by atoms with Crippen molar-refractivity contribution in [2.75, 3.05) is 5.33 Å². The minimum absolute atomic E-state index is 0.176. The Balaban J connectivity index is 3.06. The Morgan fingerprint density at radius 1 is 1.78 bits per heavy atom. The van der Waals surface area contributed by atoms with Gasteiger partial charge in [0.1, 0.15) is 0 Å². The molecule has 0 aromatic carbocycles. The zero-order valence-corrected chi connectivity index (χ0v) is 8.51. The molecule has 0 aromatic heterocycles. The van der Waals surface area contributed by atoms with Crippen molar-refractivity contribution < 1.29 is 29.3 Å². The van der Waals surface area contributed by atoms with Gasteiger partial charge < -0.3 is 0 Å². The van der Waals surface area contributed by atoms with E-state index in [-0.39, 0.29) is 5.97 Å². The van der Waals surface area contributed by atoms with E-state index in [1.165, 1.54) is 0 Å². The molecule has 5 heteroatoms. The summed E-state index contributed by atoms with van der Waals surface area (Å²) in [7, 11) is 0. The molecule has 0 amide bonds. The molecule has 0 aliphatic heterocycles. The molecule has 2 radical (unpaired) electrons. The molecule has 0 atom stereocenters. The van der Waals surface area contributed by atoms with E-state index < -0.39 is 21.4 Å². The number of hydrogen-bond donors (Lipinski definition) is 0. The molecule has 0 bridgehead atoms. The molecule has 0 saturated carbocycles. The van der Waals surface area contributed by atoms with Gasteiger partial charge in [-0.3, -0.25) is 0 Å². The number of alkyl halides is 1. The van der Waals surface area contributed by atoms with E-state index in [0.717, 1.165) is 11.8 Å². The molecule has 2 nitrogen and oxygen atoms in total. The van der Waals surface area contributed by atoms with Crippen molar-refractivity contribution in [3.63, 3.8) is 0 Å². The van der Waals surface area contributed by atoms with E-state index in [2.05, 4.69) is 19.0 Å². The van der Waals surface area contributed by atoms with Crippen LogP contribution in [-0.2, 0) is 7.86 Å². The first-order chi connectivity index (χ1) is 4.31. The molecule has 0 spiro atoms. The van der Waals surface area contributed by atoms with Crippen LogP contribution in [0.15, 0.2) is 0 Å². The summed E-state index contributed by atoms with van der Waals surface area (Å²) in [4.78, 5) is 10.5. The normalized spacial score (nSPS) is 9.44. The van der Waals surface area contributed by atoms with E-state index in [1.807, 2.05) is 0 Å². The van der Waals surface area contributed by atoms with Crippen molar-refractivity contribution in [3.8, 4) is 0 Å². The summed E-state index contributed by atoms with van der Waals surface area (Å²) in [6.07, 6.45) is 1.30. The summed E-state index contributed by atoms with van der Waals surface area (Å²) in [5.41, 5.74) is 5.06. The van der Waals surface area contributed by atoms with Crippen molar-refractivity contribution in [2.45, 2.75) is 12.8 Å². The molecular formula is C4H6BBrIO2-. The Bertz CT molecular complexity index is 90.6. The van der Waals surface area contributed by atoms with E-state index in [1.54, 1.807) is 0 Å². The van der Waals surface area contributed by atoms with Gasteiger partial charge in [0.25, 0.3) is 0 Å². The quantitative estimate of drug-likeness (QED) is 0.335. The van der Waals surface area contributed by atoms with Gasteiger partial charge in [-0.25, -0.2) is 0 Å². The molecule has 0 N–H and O–H groups in total. The molecule has 0 fully saturated rings. The second-order valence-corrected chi connectivity index (χ2v) is 3.07. The van der Waals surface area contributed by atoms with Gasteiger partial charge in [-0.05, 0) is 0 Å². The van der Waals surface area contributed by atoms with Crippen molar-refractivity contribution in [1.29, 1.82) is 0 Å². The molecule has 0 unspecified atom stereocenters. The second-order valence-electron chi connectivity index (χ2n) is 1.33. The van der Waals surface area contributed by atoms with Crippen LogP contribution in [0.2, 0.25) is 0 Å². The van der Waals surface area contributed by atoms with E-state index >= 15 is 0 Å². The van der Waals surface area contributed by atoms with Crippen molar-refractivity contribution in [1.82, 2.24) is 0 Å². The van der Waals surface area contributed by atoms with Crippen molar-refractivity contribution in [3.05, 3.63) is 0 Å². The van der Waals surface area contributed by atoms with Gasteiger partial charge in [0, 0.05) is 0 Å². The van der Waals surface area contributed by atoms with Crippen LogP contribution in [0.4, 0.5) is 0 Å². The van der Waals surface area contributed by atoms with Gasteiger partial charge in [0.15, 0.2) is 0 Å². The van der Waals surface area contributed by atoms with E-state index in [0.29, 0.717) is 6.42 Å². The average Bonchev–Trinajstić information content (AvgIpc) is 1.85. The topological polar surface area (TPSA) is 26.3 Å². The molecule has 0 saturated heterocycles. The Labute approximate surface area is 74.8 Å². The number of carbonyl (C=O) groups excluding carboxylic acids is 1. The number of halogens is 2. The predicted molar refractivity (Wildman–Crippen MR) is 34.9 cm³/mol. The maximum atomic E-state index is 10.5. The fourth-order valence-electron chi connectivity index (χ4n) is 0.299.